The lowest BCUT2D eigenvalue weighted by molar-refractivity contribution is -0.128. The molecular weight excluding hydrogens is 292 g/mol. The first-order valence-electron chi connectivity index (χ1n) is 8.39. The van der Waals surface area contributed by atoms with E-state index < -0.39 is 0 Å². The SMILES string of the molecule is CCC(C)C(=O)NCC(=O)NCCOc1ccc2c(c1)CCC2. The Morgan fingerprint density at radius 3 is 2.78 bits per heavy atom. The van der Waals surface area contributed by atoms with Crippen LogP contribution in [0, 0.1) is 5.92 Å². The second kappa shape index (κ2) is 8.56. The predicted octanol–water partition coefficient (Wildman–Crippen LogP) is 1.83. The van der Waals surface area contributed by atoms with Crippen LogP contribution in [0.4, 0.5) is 0 Å². The Morgan fingerprint density at radius 2 is 2.00 bits per heavy atom. The van der Waals surface area contributed by atoms with Crippen LogP contribution in [0.5, 0.6) is 5.75 Å². The maximum absolute atomic E-state index is 11.6. The number of aryl methyl sites for hydroxylation is 2. The Morgan fingerprint density at radius 1 is 1.22 bits per heavy atom. The van der Waals surface area contributed by atoms with Gasteiger partial charge in [0.2, 0.25) is 11.8 Å². The van der Waals surface area contributed by atoms with Crippen LogP contribution in [0.1, 0.15) is 37.8 Å². The Labute approximate surface area is 137 Å². The van der Waals surface area contributed by atoms with Gasteiger partial charge in [0.05, 0.1) is 13.1 Å². The van der Waals surface area contributed by atoms with Crippen molar-refractivity contribution in [3.63, 3.8) is 0 Å². The lowest BCUT2D eigenvalue weighted by Crippen LogP contribution is -2.40. The van der Waals surface area contributed by atoms with Crippen LogP contribution in [-0.4, -0.2) is 31.5 Å². The number of hydrogen-bond acceptors (Lipinski definition) is 3. The molecule has 0 spiro atoms. The molecule has 0 radical (unpaired) electrons. The summed E-state index contributed by atoms with van der Waals surface area (Å²) in [5.41, 5.74) is 2.79. The van der Waals surface area contributed by atoms with Crippen LogP contribution in [0.25, 0.3) is 0 Å². The van der Waals surface area contributed by atoms with Gasteiger partial charge in [-0.3, -0.25) is 9.59 Å². The monoisotopic (exact) mass is 318 g/mol. The van der Waals surface area contributed by atoms with E-state index in [4.69, 9.17) is 4.74 Å². The van der Waals surface area contributed by atoms with Gasteiger partial charge >= 0.3 is 0 Å². The van der Waals surface area contributed by atoms with Gasteiger partial charge in [0, 0.05) is 5.92 Å². The molecule has 23 heavy (non-hydrogen) atoms. The molecule has 5 heteroatoms. The summed E-state index contributed by atoms with van der Waals surface area (Å²) in [7, 11) is 0. The lowest BCUT2D eigenvalue weighted by atomic mass is 10.1. The van der Waals surface area contributed by atoms with E-state index in [0.717, 1.165) is 25.0 Å². The van der Waals surface area contributed by atoms with E-state index in [1.807, 2.05) is 19.9 Å². The zero-order chi connectivity index (χ0) is 16.7. The van der Waals surface area contributed by atoms with Gasteiger partial charge in [0.1, 0.15) is 12.4 Å². The summed E-state index contributed by atoms with van der Waals surface area (Å²) in [4.78, 5) is 23.2. The fourth-order valence-corrected chi connectivity index (χ4v) is 2.59. The van der Waals surface area contributed by atoms with E-state index in [9.17, 15) is 9.59 Å². The lowest BCUT2D eigenvalue weighted by Gasteiger charge is -2.11. The summed E-state index contributed by atoms with van der Waals surface area (Å²) >= 11 is 0. The minimum atomic E-state index is -0.195. The zero-order valence-electron chi connectivity index (χ0n) is 14.0. The van der Waals surface area contributed by atoms with Crippen LogP contribution in [0.15, 0.2) is 18.2 Å². The third kappa shape index (κ3) is 5.27. The first kappa shape index (κ1) is 17.3. The maximum atomic E-state index is 11.6. The molecule has 126 valence electrons. The minimum absolute atomic E-state index is 0.0159. The number of nitrogens with one attached hydrogen (secondary N) is 2. The first-order valence-corrected chi connectivity index (χ1v) is 8.39. The fourth-order valence-electron chi connectivity index (χ4n) is 2.59. The quantitative estimate of drug-likeness (QED) is 0.719. The standard InChI is InChI=1S/C18H26N2O3/c1-3-13(2)18(22)20-12-17(21)19-9-10-23-16-8-7-14-5-4-6-15(14)11-16/h7-8,11,13H,3-6,9-10,12H2,1-2H3,(H,19,21)(H,20,22). The average molecular weight is 318 g/mol. The average Bonchev–Trinajstić information content (AvgIpc) is 3.03. The summed E-state index contributed by atoms with van der Waals surface area (Å²) < 4.78 is 5.66. The largest absolute Gasteiger partial charge is 0.492 e. The van der Waals surface area contributed by atoms with E-state index in [1.54, 1.807) is 0 Å². The van der Waals surface area contributed by atoms with Crippen molar-refractivity contribution in [2.75, 3.05) is 19.7 Å². The molecule has 2 rings (SSSR count). The Balaban J connectivity index is 1.61. The molecule has 1 atom stereocenters. The molecule has 0 saturated heterocycles. The summed E-state index contributed by atoms with van der Waals surface area (Å²) in [5, 5.41) is 5.37. The maximum Gasteiger partial charge on any atom is 0.239 e. The molecule has 1 aliphatic carbocycles. The zero-order valence-corrected chi connectivity index (χ0v) is 14.0. The van der Waals surface area contributed by atoms with Gasteiger partial charge < -0.3 is 15.4 Å². The molecule has 1 aromatic rings. The van der Waals surface area contributed by atoms with E-state index in [2.05, 4.69) is 22.8 Å². The number of carbonyl (C=O) groups is 2. The normalized spacial score (nSPS) is 14.0. The Bertz CT molecular complexity index is 557. The topological polar surface area (TPSA) is 67.4 Å². The Hall–Kier alpha value is -2.04. The van der Waals surface area contributed by atoms with Gasteiger partial charge in [0.25, 0.3) is 0 Å². The molecular formula is C18H26N2O3. The van der Waals surface area contributed by atoms with Gasteiger partial charge in [-0.1, -0.05) is 19.9 Å². The third-order valence-electron chi connectivity index (χ3n) is 4.25. The van der Waals surface area contributed by atoms with Crippen molar-refractivity contribution in [2.45, 2.75) is 39.5 Å². The van der Waals surface area contributed by atoms with Gasteiger partial charge in [-0.2, -0.15) is 0 Å². The highest BCUT2D eigenvalue weighted by Crippen LogP contribution is 2.25. The predicted molar refractivity (Wildman–Crippen MR) is 89.4 cm³/mol. The molecule has 2 amide bonds. The first-order chi connectivity index (χ1) is 11.1. The number of fused-ring (bicyclic) bond motifs is 1. The molecule has 0 fully saturated rings. The van der Waals surface area contributed by atoms with Gasteiger partial charge in [-0.15, -0.1) is 0 Å². The molecule has 2 N–H and O–H groups in total. The number of hydrogen-bond donors (Lipinski definition) is 2. The molecule has 0 bridgehead atoms. The highest BCUT2D eigenvalue weighted by molar-refractivity contribution is 5.85. The molecule has 0 aliphatic heterocycles. The van der Waals surface area contributed by atoms with Crippen molar-refractivity contribution in [3.8, 4) is 5.75 Å². The van der Waals surface area contributed by atoms with Crippen LogP contribution < -0.4 is 15.4 Å². The van der Waals surface area contributed by atoms with E-state index in [0.29, 0.717) is 13.2 Å². The van der Waals surface area contributed by atoms with E-state index in [1.165, 1.54) is 17.5 Å². The van der Waals surface area contributed by atoms with Crippen molar-refractivity contribution in [1.82, 2.24) is 10.6 Å². The smallest absolute Gasteiger partial charge is 0.239 e. The molecule has 5 nitrogen and oxygen atoms in total. The van der Waals surface area contributed by atoms with Crippen molar-refractivity contribution in [1.29, 1.82) is 0 Å². The molecule has 1 aromatic carbocycles. The molecule has 1 unspecified atom stereocenters. The number of rotatable bonds is 8. The fraction of sp³-hybridized carbons (Fsp3) is 0.556. The van der Waals surface area contributed by atoms with E-state index >= 15 is 0 Å². The van der Waals surface area contributed by atoms with Gasteiger partial charge in [0.15, 0.2) is 0 Å². The number of amides is 2. The van der Waals surface area contributed by atoms with E-state index in [-0.39, 0.29) is 24.3 Å². The Kier molecular flexibility index (Phi) is 6.44. The van der Waals surface area contributed by atoms with Crippen molar-refractivity contribution >= 4 is 11.8 Å². The van der Waals surface area contributed by atoms with Crippen LogP contribution in [0.2, 0.25) is 0 Å². The van der Waals surface area contributed by atoms with Crippen molar-refractivity contribution in [2.24, 2.45) is 5.92 Å². The van der Waals surface area contributed by atoms with Crippen molar-refractivity contribution in [3.05, 3.63) is 29.3 Å². The van der Waals surface area contributed by atoms with Crippen LogP contribution in [0.3, 0.4) is 0 Å². The highest BCUT2D eigenvalue weighted by atomic mass is 16.5. The summed E-state index contributed by atoms with van der Waals surface area (Å²) in [5.74, 6) is 0.507. The number of benzene rings is 1. The molecule has 0 heterocycles. The van der Waals surface area contributed by atoms with Crippen LogP contribution >= 0.6 is 0 Å². The second-order valence-electron chi connectivity index (χ2n) is 6.01. The minimum Gasteiger partial charge on any atom is -0.492 e. The number of ether oxygens (including phenoxy) is 1. The summed E-state index contributed by atoms with van der Waals surface area (Å²) in [6, 6.07) is 6.20. The van der Waals surface area contributed by atoms with Gasteiger partial charge in [-0.05, 0) is 48.9 Å². The third-order valence-corrected chi connectivity index (χ3v) is 4.25. The highest BCUT2D eigenvalue weighted by Gasteiger charge is 2.12. The molecule has 0 saturated carbocycles. The molecule has 1 aliphatic rings. The van der Waals surface area contributed by atoms with Gasteiger partial charge in [-0.25, -0.2) is 0 Å². The summed E-state index contributed by atoms with van der Waals surface area (Å²) in [6.45, 7) is 4.65. The summed E-state index contributed by atoms with van der Waals surface area (Å²) in [6.07, 6.45) is 4.27. The van der Waals surface area contributed by atoms with Crippen LogP contribution in [-0.2, 0) is 22.4 Å². The van der Waals surface area contributed by atoms with Crippen molar-refractivity contribution < 1.29 is 14.3 Å². The second-order valence-corrected chi connectivity index (χ2v) is 6.01. The number of carbonyl (C=O) groups excluding carboxylic acids is 2. The molecule has 0 aromatic heterocycles.